The number of hydrogen-bond acceptors (Lipinski definition) is 9. The molecule has 0 spiro atoms. The Morgan fingerprint density at radius 1 is 1.22 bits per heavy atom. The number of halogens is 2. The first-order valence-electron chi connectivity index (χ1n) is 12.1. The van der Waals surface area contributed by atoms with Crippen molar-refractivity contribution in [2.24, 2.45) is 10.9 Å². The summed E-state index contributed by atoms with van der Waals surface area (Å²) in [5.74, 6) is -0.314. The lowest BCUT2D eigenvalue weighted by molar-refractivity contribution is 0.0252. The van der Waals surface area contributed by atoms with Gasteiger partial charge in [-0.15, -0.1) is 5.10 Å². The van der Waals surface area contributed by atoms with Crippen LogP contribution in [0.25, 0.3) is 11.2 Å². The summed E-state index contributed by atoms with van der Waals surface area (Å²) in [6, 6.07) is 3.63. The monoisotopic (exact) mass is 518 g/mol. The molecule has 5 rings (SSSR count). The molecule has 0 aliphatic heterocycles. The quantitative estimate of drug-likeness (QED) is 0.238. The first-order valence-corrected chi connectivity index (χ1v) is 13.1. The van der Waals surface area contributed by atoms with Crippen molar-refractivity contribution in [1.82, 2.24) is 25.0 Å². The fourth-order valence-electron chi connectivity index (χ4n) is 4.61. The van der Waals surface area contributed by atoms with E-state index in [-0.39, 0.29) is 37.2 Å². The Labute approximate surface area is 211 Å². The second kappa shape index (κ2) is 10.8. The highest BCUT2D eigenvalue weighted by Crippen LogP contribution is 2.47. The molecule has 0 saturated heterocycles. The SMILES string of the molecule is CCCSc1nc(N=CC2C[C@H]2c2ccc(F)c(F)c2)c2nnn([C@@H]3C[C@H](OCCO)C[C@H]3O)c2n1. The van der Waals surface area contributed by atoms with Crippen LogP contribution < -0.4 is 0 Å². The highest BCUT2D eigenvalue weighted by Gasteiger charge is 2.38. The average Bonchev–Trinajstić information content (AvgIpc) is 3.38. The zero-order chi connectivity index (χ0) is 25.2. The summed E-state index contributed by atoms with van der Waals surface area (Å²) < 4.78 is 34.1. The van der Waals surface area contributed by atoms with Gasteiger partial charge >= 0.3 is 0 Å². The molecule has 2 aliphatic carbocycles. The predicted octanol–water partition coefficient (Wildman–Crippen LogP) is 3.58. The topological polar surface area (TPSA) is 119 Å². The number of aliphatic hydroxyl groups excluding tert-OH is 2. The van der Waals surface area contributed by atoms with Gasteiger partial charge in [-0.3, -0.25) is 0 Å². The number of hydrogen-bond donors (Lipinski definition) is 2. The van der Waals surface area contributed by atoms with Gasteiger partial charge in [0, 0.05) is 24.3 Å². The molecule has 0 bridgehead atoms. The minimum absolute atomic E-state index is 0.0753. The van der Waals surface area contributed by atoms with E-state index in [0.29, 0.717) is 35.0 Å². The number of aliphatic imine (C=N–C) groups is 1. The van der Waals surface area contributed by atoms with Crippen LogP contribution in [0.15, 0.2) is 28.3 Å². The summed E-state index contributed by atoms with van der Waals surface area (Å²) in [5, 5.41) is 28.8. The Morgan fingerprint density at radius 2 is 2.08 bits per heavy atom. The normalized spacial score (nSPS) is 25.9. The molecule has 9 nitrogen and oxygen atoms in total. The van der Waals surface area contributed by atoms with Gasteiger partial charge in [0.05, 0.1) is 31.5 Å². The molecule has 2 aromatic heterocycles. The summed E-state index contributed by atoms with van der Waals surface area (Å²) in [7, 11) is 0. The van der Waals surface area contributed by atoms with E-state index in [2.05, 4.69) is 32.2 Å². The number of thioether (sulfide) groups is 1. The molecule has 2 fully saturated rings. The summed E-state index contributed by atoms with van der Waals surface area (Å²) in [6.07, 6.45) is 3.61. The maximum Gasteiger partial charge on any atom is 0.191 e. The third-order valence-corrected chi connectivity index (χ3v) is 7.59. The molecule has 1 unspecified atom stereocenters. The molecule has 192 valence electrons. The number of benzene rings is 1. The number of nitrogens with zero attached hydrogens (tertiary/aromatic N) is 6. The first kappa shape index (κ1) is 25.1. The molecular formula is C24H28F2N6O3S. The van der Waals surface area contributed by atoms with Crippen LogP contribution in [0.3, 0.4) is 0 Å². The van der Waals surface area contributed by atoms with E-state index in [1.165, 1.54) is 17.8 Å². The lowest BCUT2D eigenvalue weighted by Crippen LogP contribution is -2.19. The molecule has 0 amide bonds. The molecule has 36 heavy (non-hydrogen) atoms. The van der Waals surface area contributed by atoms with E-state index >= 15 is 0 Å². The van der Waals surface area contributed by atoms with Crippen LogP contribution >= 0.6 is 11.8 Å². The maximum absolute atomic E-state index is 13.6. The van der Waals surface area contributed by atoms with Crippen LogP contribution in [0, 0.1) is 17.6 Å². The van der Waals surface area contributed by atoms with Gasteiger partial charge < -0.3 is 14.9 Å². The molecule has 2 aliphatic rings. The Hall–Kier alpha value is -2.54. The van der Waals surface area contributed by atoms with Crippen molar-refractivity contribution in [3.63, 3.8) is 0 Å². The number of fused-ring (bicyclic) bond motifs is 1. The number of rotatable bonds is 10. The maximum atomic E-state index is 13.6. The summed E-state index contributed by atoms with van der Waals surface area (Å²) >= 11 is 1.51. The van der Waals surface area contributed by atoms with E-state index in [1.54, 1.807) is 17.0 Å². The van der Waals surface area contributed by atoms with Crippen LogP contribution in [0.4, 0.5) is 14.6 Å². The highest BCUT2D eigenvalue weighted by atomic mass is 32.2. The van der Waals surface area contributed by atoms with Crippen LogP contribution in [0.5, 0.6) is 0 Å². The third kappa shape index (κ3) is 5.26. The summed E-state index contributed by atoms with van der Waals surface area (Å²) in [4.78, 5) is 13.9. The molecule has 1 aromatic carbocycles. The summed E-state index contributed by atoms with van der Waals surface area (Å²) in [6.45, 7) is 2.21. The molecule has 2 heterocycles. The van der Waals surface area contributed by atoms with E-state index in [9.17, 15) is 13.9 Å². The van der Waals surface area contributed by atoms with E-state index in [0.717, 1.165) is 30.2 Å². The molecular weight excluding hydrogens is 490 g/mol. The van der Waals surface area contributed by atoms with Crippen molar-refractivity contribution in [1.29, 1.82) is 0 Å². The first-order chi connectivity index (χ1) is 17.5. The van der Waals surface area contributed by atoms with Crippen LogP contribution in [-0.2, 0) is 4.74 Å². The van der Waals surface area contributed by atoms with Gasteiger partial charge in [0.15, 0.2) is 33.8 Å². The summed E-state index contributed by atoms with van der Waals surface area (Å²) in [5.41, 5.74) is 1.68. The van der Waals surface area contributed by atoms with Crippen molar-refractivity contribution in [2.45, 2.75) is 61.9 Å². The largest absolute Gasteiger partial charge is 0.394 e. The zero-order valence-electron chi connectivity index (χ0n) is 19.8. The highest BCUT2D eigenvalue weighted by molar-refractivity contribution is 7.99. The Bertz CT molecular complexity index is 1260. The van der Waals surface area contributed by atoms with Crippen molar-refractivity contribution in [2.75, 3.05) is 19.0 Å². The Balaban J connectivity index is 1.40. The number of aliphatic hydroxyl groups is 2. The molecule has 12 heteroatoms. The lowest BCUT2D eigenvalue weighted by atomic mass is 10.1. The Kier molecular flexibility index (Phi) is 7.56. The molecule has 2 N–H and O–H groups in total. The van der Waals surface area contributed by atoms with Crippen molar-refractivity contribution < 1.29 is 23.7 Å². The van der Waals surface area contributed by atoms with Gasteiger partial charge in [-0.05, 0) is 42.9 Å². The number of aromatic nitrogens is 5. The van der Waals surface area contributed by atoms with Gasteiger partial charge in [-0.2, -0.15) is 0 Å². The van der Waals surface area contributed by atoms with Crippen LogP contribution in [0.1, 0.15) is 50.1 Å². The molecule has 0 radical (unpaired) electrons. The van der Waals surface area contributed by atoms with Crippen molar-refractivity contribution in [3.8, 4) is 0 Å². The average molecular weight is 519 g/mol. The fourth-order valence-corrected chi connectivity index (χ4v) is 5.30. The van der Waals surface area contributed by atoms with E-state index < -0.39 is 17.7 Å². The van der Waals surface area contributed by atoms with Gasteiger partial charge in [0.25, 0.3) is 0 Å². The number of ether oxygens (including phenoxy) is 1. The molecule has 5 atom stereocenters. The minimum Gasteiger partial charge on any atom is -0.394 e. The second-order valence-electron chi connectivity index (χ2n) is 9.16. The third-order valence-electron chi connectivity index (χ3n) is 6.53. The standard InChI is InChI=1S/C24H28F2N6O3S/c1-2-7-36-24-28-22(27-12-14-8-16(14)13-3-4-17(25)18(26)9-13)21-23(29-24)32(31-30-21)19-10-15(11-20(19)34)35-6-5-33/h3-4,9,12,14-16,19-20,33-34H,2,5-8,10-11H2,1H3/t14?,15-,16-,19+,20+/m0/s1. The van der Waals surface area contributed by atoms with E-state index in [1.807, 2.05) is 0 Å². The molecule has 3 aromatic rings. The van der Waals surface area contributed by atoms with E-state index in [4.69, 9.17) is 9.84 Å². The second-order valence-corrected chi connectivity index (χ2v) is 10.2. The van der Waals surface area contributed by atoms with Crippen molar-refractivity contribution in [3.05, 3.63) is 35.4 Å². The fraction of sp³-hybridized carbons (Fsp3) is 0.542. The van der Waals surface area contributed by atoms with Crippen LogP contribution in [-0.4, -0.2) is 72.6 Å². The smallest absolute Gasteiger partial charge is 0.191 e. The minimum atomic E-state index is -0.855. The lowest BCUT2D eigenvalue weighted by Gasteiger charge is -2.14. The predicted molar refractivity (Wildman–Crippen MR) is 131 cm³/mol. The zero-order valence-corrected chi connectivity index (χ0v) is 20.6. The van der Waals surface area contributed by atoms with Gasteiger partial charge in [0.1, 0.15) is 0 Å². The molecule has 2 saturated carbocycles. The van der Waals surface area contributed by atoms with Crippen LogP contribution in [0.2, 0.25) is 0 Å². The van der Waals surface area contributed by atoms with Crippen molar-refractivity contribution >= 4 is 35.0 Å². The van der Waals surface area contributed by atoms with Gasteiger partial charge in [-0.1, -0.05) is 30.0 Å². The van der Waals surface area contributed by atoms with Gasteiger partial charge in [-0.25, -0.2) is 28.4 Å². The van der Waals surface area contributed by atoms with Gasteiger partial charge in [0.2, 0.25) is 0 Å². The Morgan fingerprint density at radius 3 is 2.86 bits per heavy atom.